The number of carbonyl (C=O) groups is 1. The summed E-state index contributed by atoms with van der Waals surface area (Å²) in [6.45, 7) is 1.91. The Morgan fingerprint density at radius 2 is 2.18 bits per heavy atom. The van der Waals surface area contributed by atoms with Crippen LogP contribution in [0.1, 0.15) is 12.5 Å². The van der Waals surface area contributed by atoms with Crippen LogP contribution in [0.25, 0.3) is 0 Å². The van der Waals surface area contributed by atoms with E-state index in [4.69, 9.17) is 16.9 Å². The summed E-state index contributed by atoms with van der Waals surface area (Å²) in [6, 6.07) is 8.53. The zero-order valence-electron chi connectivity index (χ0n) is 9.11. The van der Waals surface area contributed by atoms with Gasteiger partial charge < -0.3 is 4.74 Å². The van der Waals surface area contributed by atoms with Gasteiger partial charge in [-0.05, 0) is 31.2 Å². The molecule has 0 aromatic heterocycles. The topological polar surface area (TPSA) is 74.5 Å². The van der Waals surface area contributed by atoms with E-state index < -0.39 is 5.97 Å². The van der Waals surface area contributed by atoms with Crippen LogP contribution in [0.2, 0.25) is 0 Å². The predicted octanol–water partition coefficient (Wildman–Crippen LogP) is 2.09. The zero-order chi connectivity index (χ0) is 12.7. The normalized spacial score (nSPS) is 10.5. The van der Waals surface area contributed by atoms with Crippen LogP contribution in [0.15, 0.2) is 29.4 Å². The van der Waals surface area contributed by atoms with Crippen LogP contribution in [0.5, 0.6) is 0 Å². The number of nitrogens with zero attached hydrogens (tertiary/aromatic N) is 2. The predicted molar refractivity (Wildman–Crippen MR) is 64.7 cm³/mol. The van der Waals surface area contributed by atoms with Crippen molar-refractivity contribution >= 4 is 28.4 Å². The molecule has 17 heavy (non-hydrogen) atoms. The Labute approximate surface area is 104 Å². The molecule has 88 valence electrons. The molecule has 0 heterocycles. The molecule has 0 saturated heterocycles. The first-order valence-electron chi connectivity index (χ1n) is 4.84. The first kappa shape index (κ1) is 13.0. The number of benzene rings is 1. The Morgan fingerprint density at radius 3 is 2.71 bits per heavy atom. The smallest absolute Gasteiger partial charge is 0.370 e. The van der Waals surface area contributed by atoms with Crippen molar-refractivity contribution in [3.8, 4) is 6.07 Å². The summed E-state index contributed by atoms with van der Waals surface area (Å²) >= 11 is 5.58. The van der Waals surface area contributed by atoms with Crippen molar-refractivity contribution in [2.45, 2.75) is 6.92 Å². The largest absolute Gasteiger partial charge is 0.461 e. The van der Waals surface area contributed by atoms with Gasteiger partial charge in [0.1, 0.15) is 0 Å². The second kappa shape index (κ2) is 6.51. The first-order valence-corrected chi connectivity index (χ1v) is 5.21. The summed E-state index contributed by atoms with van der Waals surface area (Å²) in [5.74, 6) is -0.685. The van der Waals surface area contributed by atoms with Gasteiger partial charge in [0.25, 0.3) is 0 Å². The first-order chi connectivity index (χ1) is 8.17. The lowest BCUT2D eigenvalue weighted by Gasteiger charge is -2.01. The average Bonchev–Trinajstić information content (AvgIpc) is 2.36. The molecule has 0 aliphatic carbocycles. The Hall–Kier alpha value is -2.06. The highest BCUT2D eigenvalue weighted by atomic mass is 35.5. The highest BCUT2D eigenvalue weighted by Gasteiger charge is 2.08. The summed E-state index contributed by atoms with van der Waals surface area (Å²) < 4.78 is 4.64. The van der Waals surface area contributed by atoms with Gasteiger partial charge in [0, 0.05) is 0 Å². The molecule has 0 aliphatic rings. The number of nitriles is 1. The fraction of sp³-hybridized carbons (Fsp3) is 0.182. The molecule has 1 aromatic carbocycles. The van der Waals surface area contributed by atoms with E-state index in [9.17, 15) is 4.79 Å². The van der Waals surface area contributed by atoms with Crippen molar-refractivity contribution in [2.75, 3.05) is 12.0 Å². The average molecular weight is 252 g/mol. The molecule has 0 spiro atoms. The van der Waals surface area contributed by atoms with Gasteiger partial charge in [0.05, 0.1) is 23.9 Å². The Morgan fingerprint density at radius 1 is 1.53 bits per heavy atom. The molecule has 1 N–H and O–H groups in total. The van der Waals surface area contributed by atoms with E-state index in [0.717, 1.165) is 0 Å². The fourth-order valence-corrected chi connectivity index (χ4v) is 1.07. The summed E-state index contributed by atoms with van der Waals surface area (Å²) in [5, 5.41) is 12.0. The molecule has 1 rings (SSSR count). The van der Waals surface area contributed by atoms with Crippen LogP contribution in [-0.4, -0.2) is 17.7 Å². The molecule has 6 heteroatoms. The number of hydrogen-bond acceptors (Lipinski definition) is 5. The van der Waals surface area contributed by atoms with Crippen molar-refractivity contribution in [3.05, 3.63) is 29.8 Å². The van der Waals surface area contributed by atoms with E-state index in [1.165, 1.54) is 0 Å². The van der Waals surface area contributed by atoms with Crippen LogP contribution in [-0.2, 0) is 9.53 Å². The third-order valence-corrected chi connectivity index (χ3v) is 1.98. The van der Waals surface area contributed by atoms with Crippen LogP contribution < -0.4 is 5.43 Å². The highest BCUT2D eigenvalue weighted by Crippen LogP contribution is 2.08. The zero-order valence-corrected chi connectivity index (χ0v) is 9.86. The minimum Gasteiger partial charge on any atom is -0.461 e. The van der Waals surface area contributed by atoms with E-state index in [0.29, 0.717) is 11.3 Å². The maximum absolute atomic E-state index is 11.1. The number of carbonyl (C=O) groups excluding carboxylic acids is 1. The number of hydrazone groups is 1. The Balaban J connectivity index is 2.63. The van der Waals surface area contributed by atoms with Crippen molar-refractivity contribution in [1.82, 2.24) is 0 Å². The molecule has 0 aliphatic heterocycles. The molecule has 0 atom stereocenters. The van der Waals surface area contributed by atoms with E-state index in [2.05, 4.69) is 15.3 Å². The number of ether oxygens (including phenoxy) is 1. The summed E-state index contributed by atoms with van der Waals surface area (Å²) in [5.41, 5.74) is 3.74. The highest BCUT2D eigenvalue weighted by molar-refractivity contribution is 6.82. The van der Waals surface area contributed by atoms with E-state index in [-0.39, 0.29) is 11.8 Å². The molecule has 0 unspecified atom stereocenters. The van der Waals surface area contributed by atoms with Crippen LogP contribution >= 0.6 is 11.6 Å². The van der Waals surface area contributed by atoms with Gasteiger partial charge in [-0.15, -0.1) is 0 Å². The van der Waals surface area contributed by atoms with Crippen molar-refractivity contribution in [3.63, 3.8) is 0 Å². The lowest BCUT2D eigenvalue weighted by Crippen LogP contribution is -2.13. The van der Waals surface area contributed by atoms with Gasteiger partial charge >= 0.3 is 5.97 Å². The van der Waals surface area contributed by atoms with Gasteiger partial charge in [-0.1, -0.05) is 11.6 Å². The third kappa shape index (κ3) is 4.13. The quantitative estimate of drug-likeness (QED) is 0.505. The third-order valence-electron chi connectivity index (χ3n) is 1.74. The number of hydrogen-bond donors (Lipinski definition) is 1. The van der Waals surface area contributed by atoms with Gasteiger partial charge in [-0.3, -0.25) is 5.43 Å². The Kier molecular flexibility index (Phi) is 4.98. The number of esters is 1. The standard InChI is InChI=1S/C11H10ClN3O2/c1-2-17-11(16)10(12)15-14-9-5-3-8(7-13)4-6-9/h3-6,14H,2H2,1H3/b15-10-. The molecule has 0 fully saturated rings. The minimum atomic E-state index is -0.685. The van der Waals surface area contributed by atoms with Crippen LogP contribution in [0, 0.1) is 11.3 Å². The number of nitrogens with one attached hydrogen (secondary N) is 1. The minimum absolute atomic E-state index is 0.238. The summed E-state index contributed by atoms with van der Waals surface area (Å²) in [7, 11) is 0. The van der Waals surface area contributed by atoms with Gasteiger partial charge in [-0.2, -0.15) is 10.4 Å². The second-order valence-corrected chi connectivity index (χ2v) is 3.28. The molecule has 0 radical (unpaired) electrons. The van der Waals surface area contributed by atoms with E-state index in [1.54, 1.807) is 31.2 Å². The molecule has 0 amide bonds. The molecule has 0 saturated carbocycles. The lowest BCUT2D eigenvalue weighted by molar-refractivity contribution is -0.134. The Bertz CT molecular complexity index is 463. The number of halogens is 1. The maximum atomic E-state index is 11.1. The monoisotopic (exact) mass is 251 g/mol. The molecular formula is C11H10ClN3O2. The summed E-state index contributed by atoms with van der Waals surface area (Å²) in [6.07, 6.45) is 0. The van der Waals surface area contributed by atoms with Crippen LogP contribution in [0.4, 0.5) is 5.69 Å². The van der Waals surface area contributed by atoms with Gasteiger partial charge in [-0.25, -0.2) is 4.79 Å². The molecule has 1 aromatic rings. The second-order valence-electron chi connectivity index (χ2n) is 2.92. The van der Waals surface area contributed by atoms with Crippen molar-refractivity contribution < 1.29 is 9.53 Å². The van der Waals surface area contributed by atoms with Gasteiger partial charge in [0.2, 0.25) is 5.17 Å². The fourth-order valence-electron chi connectivity index (χ4n) is 0.969. The molecule has 5 nitrogen and oxygen atoms in total. The summed E-state index contributed by atoms with van der Waals surface area (Å²) in [4.78, 5) is 11.1. The van der Waals surface area contributed by atoms with Crippen molar-refractivity contribution in [2.24, 2.45) is 5.10 Å². The number of rotatable bonds is 4. The van der Waals surface area contributed by atoms with Crippen molar-refractivity contribution in [1.29, 1.82) is 5.26 Å². The molecule has 0 bridgehead atoms. The van der Waals surface area contributed by atoms with Crippen LogP contribution in [0.3, 0.4) is 0 Å². The van der Waals surface area contributed by atoms with Gasteiger partial charge in [0.15, 0.2) is 0 Å². The van der Waals surface area contributed by atoms with E-state index in [1.807, 2.05) is 6.07 Å². The van der Waals surface area contributed by atoms with E-state index >= 15 is 0 Å². The maximum Gasteiger partial charge on any atom is 0.370 e. The number of anilines is 1. The lowest BCUT2D eigenvalue weighted by atomic mass is 10.2. The SMILES string of the molecule is CCOC(=O)/C(Cl)=N/Nc1ccc(C#N)cc1. The molecular weight excluding hydrogens is 242 g/mol.